The quantitative estimate of drug-likeness (QED) is 0.589. The molecular weight excluding hydrogens is 216 g/mol. The molecular formula is C14H14O3. The van der Waals surface area contributed by atoms with Crippen LogP contribution in [0.15, 0.2) is 35.9 Å². The Kier molecular flexibility index (Phi) is 3.70. The minimum atomic E-state index is 0.220. The molecule has 1 aliphatic rings. The Labute approximate surface area is 100 Å². The Bertz CT molecular complexity index is 460. The number of hydrogen-bond donors (Lipinski definition) is 0. The minimum Gasteiger partial charge on any atom is -0.489 e. The highest BCUT2D eigenvalue weighted by molar-refractivity contribution is 5.97. The van der Waals surface area contributed by atoms with Crippen LogP contribution in [-0.4, -0.2) is 18.7 Å². The Morgan fingerprint density at radius 3 is 2.76 bits per heavy atom. The van der Waals surface area contributed by atoms with Gasteiger partial charge in [0.25, 0.3) is 0 Å². The summed E-state index contributed by atoms with van der Waals surface area (Å²) in [6.07, 6.45) is 5.02. The third kappa shape index (κ3) is 2.81. The molecule has 0 spiro atoms. The highest BCUT2D eigenvalue weighted by atomic mass is 16.5. The van der Waals surface area contributed by atoms with E-state index in [4.69, 9.17) is 4.74 Å². The molecule has 0 amide bonds. The summed E-state index contributed by atoms with van der Waals surface area (Å²) >= 11 is 0. The van der Waals surface area contributed by atoms with Gasteiger partial charge in [-0.25, -0.2) is 0 Å². The van der Waals surface area contributed by atoms with Crippen molar-refractivity contribution < 1.29 is 14.3 Å². The van der Waals surface area contributed by atoms with Crippen molar-refractivity contribution in [2.75, 3.05) is 6.61 Å². The van der Waals surface area contributed by atoms with Crippen LogP contribution in [0.4, 0.5) is 0 Å². The first-order valence-corrected chi connectivity index (χ1v) is 5.70. The van der Waals surface area contributed by atoms with E-state index in [2.05, 4.69) is 0 Å². The molecule has 1 aromatic carbocycles. The Morgan fingerprint density at radius 1 is 1.24 bits per heavy atom. The van der Waals surface area contributed by atoms with E-state index in [1.165, 1.54) is 0 Å². The van der Waals surface area contributed by atoms with Gasteiger partial charge in [0.1, 0.15) is 12.4 Å². The van der Waals surface area contributed by atoms with Gasteiger partial charge in [-0.05, 0) is 36.6 Å². The summed E-state index contributed by atoms with van der Waals surface area (Å²) in [6.45, 7) is 0.339. The number of rotatable bonds is 4. The van der Waals surface area contributed by atoms with E-state index in [0.29, 0.717) is 24.3 Å². The van der Waals surface area contributed by atoms with Crippen LogP contribution in [-0.2, 0) is 4.79 Å². The van der Waals surface area contributed by atoms with Crippen molar-refractivity contribution in [3.63, 3.8) is 0 Å². The van der Waals surface area contributed by atoms with Crippen molar-refractivity contribution in [1.29, 1.82) is 0 Å². The zero-order valence-corrected chi connectivity index (χ0v) is 9.52. The van der Waals surface area contributed by atoms with Crippen molar-refractivity contribution in [3.05, 3.63) is 41.5 Å². The number of allylic oxidation sites excluding steroid dienone is 1. The van der Waals surface area contributed by atoms with Gasteiger partial charge in [-0.1, -0.05) is 12.1 Å². The molecule has 0 unspecified atom stereocenters. The number of Topliss-reactive ketones (excluding diaryl/α,β-unsaturated/α-hetero) is 1. The lowest BCUT2D eigenvalue weighted by atomic mass is 10.2. The Hall–Kier alpha value is -1.90. The van der Waals surface area contributed by atoms with E-state index in [1.807, 2.05) is 12.1 Å². The zero-order chi connectivity index (χ0) is 12.1. The van der Waals surface area contributed by atoms with Crippen LogP contribution in [0.5, 0.6) is 5.75 Å². The van der Waals surface area contributed by atoms with Crippen LogP contribution in [0.3, 0.4) is 0 Å². The van der Waals surface area contributed by atoms with E-state index >= 15 is 0 Å². The summed E-state index contributed by atoms with van der Waals surface area (Å²) in [5.41, 5.74) is 1.39. The third-order valence-electron chi connectivity index (χ3n) is 2.82. The van der Waals surface area contributed by atoms with Gasteiger partial charge in [0.2, 0.25) is 0 Å². The molecule has 0 bridgehead atoms. The molecule has 0 atom stereocenters. The van der Waals surface area contributed by atoms with Gasteiger partial charge in [0, 0.05) is 6.42 Å². The number of carbonyl (C=O) groups excluding carboxylic acids is 2. The lowest BCUT2D eigenvalue weighted by Gasteiger charge is -2.05. The summed E-state index contributed by atoms with van der Waals surface area (Å²) < 4.78 is 5.48. The Balaban J connectivity index is 1.98. The highest BCUT2D eigenvalue weighted by Gasteiger charge is 2.16. The van der Waals surface area contributed by atoms with Gasteiger partial charge in [-0.3, -0.25) is 9.59 Å². The molecule has 17 heavy (non-hydrogen) atoms. The molecule has 1 aliphatic carbocycles. The molecule has 3 nitrogen and oxygen atoms in total. The van der Waals surface area contributed by atoms with Crippen LogP contribution >= 0.6 is 0 Å². The van der Waals surface area contributed by atoms with Crippen LogP contribution in [0.1, 0.15) is 29.6 Å². The van der Waals surface area contributed by atoms with Crippen molar-refractivity contribution in [3.8, 4) is 5.75 Å². The highest BCUT2D eigenvalue weighted by Crippen LogP contribution is 2.20. The molecule has 2 rings (SSSR count). The molecule has 88 valence electrons. The van der Waals surface area contributed by atoms with Crippen LogP contribution < -0.4 is 4.74 Å². The molecule has 0 aliphatic heterocycles. The molecule has 1 saturated carbocycles. The van der Waals surface area contributed by atoms with E-state index < -0.39 is 0 Å². The van der Waals surface area contributed by atoms with Crippen LogP contribution in [0, 0.1) is 0 Å². The predicted octanol–water partition coefficient (Wildman–Crippen LogP) is 2.56. The second kappa shape index (κ2) is 5.43. The van der Waals surface area contributed by atoms with Gasteiger partial charge < -0.3 is 4.74 Å². The number of ketones is 1. The normalized spacial score (nSPS) is 17.4. The van der Waals surface area contributed by atoms with Gasteiger partial charge in [0.15, 0.2) is 12.1 Å². The third-order valence-corrected chi connectivity index (χ3v) is 2.82. The van der Waals surface area contributed by atoms with Gasteiger partial charge in [-0.2, -0.15) is 0 Å². The predicted molar refractivity (Wildman–Crippen MR) is 64.3 cm³/mol. The molecule has 3 heteroatoms. The summed E-state index contributed by atoms with van der Waals surface area (Å²) in [6, 6.07) is 7.06. The van der Waals surface area contributed by atoms with Crippen LogP contribution in [0.2, 0.25) is 0 Å². The first kappa shape index (κ1) is 11.6. The number of ether oxygens (including phenoxy) is 1. The number of hydrogen-bond acceptors (Lipinski definition) is 3. The van der Waals surface area contributed by atoms with E-state index in [9.17, 15) is 9.59 Å². The lowest BCUT2D eigenvalue weighted by Crippen LogP contribution is -2.00. The fourth-order valence-corrected chi connectivity index (χ4v) is 1.90. The number of benzene rings is 1. The fraction of sp³-hybridized carbons (Fsp3) is 0.286. The molecule has 0 aromatic heterocycles. The molecule has 0 heterocycles. The molecule has 0 N–H and O–H groups in total. The summed E-state index contributed by atoms with van der Waals surface area (Å²) in [5.74, 6) is 0.780. The van der Waals surface area contributed by atoms with Crippen molar-refractivity contribution in [1.82, 2.24) is 0 Å². The van der Waals surface area contributed by atoms with Gasteiger partial charge in [0.05, 0.1) is 5.56 Å². The Morgan fingerprint density at radius 2 is 2.06 bits per heavy atom. The lowest BCUT2D eigenvalue weighted by molar-refractivity contribution is -0.114. The van der Waals surface area contributed by atoms with E-state index in [0.717, 1.165) is 24.7 Å². The first-order valence-electron chi connectivity index (χ1n) is 5.70. The van der Waals surface area contributed by atoms with Gasteiger partial charge in [-0.15, -0.1) is 0 Å². The second-order valence-corrected chi connectivity index (χ2v) is 3.97. The molecule has 0 saturated heterocycles. The average molecular weight is 230 g/mol. The minimum absolute atomic E-state index is 0.220. The molecule has 0 radical (unpaired) electrons. The summed E-state index contributed by atoms with van der Waals surface area (Å²) in [5, 5.41) is 0. The van der Waals surface area contributed by atoms with E-state index in [1.54, 1.807) is 18.2 Å². The van der Waals surface area contributed by atoms with Crippen molar-refractivity contribution >= 4 is 12.1 Å². The topological polar surface area (TPSA) is 43.4 Å². The maximum atomic E-state index is 11.4. The largest absolute Gasteiger partial charge is 0.489 e. The number of aldehydes is 1. The maximum Gasteiger partial charge on any atom is 0.158 e. The standard InChI is InChI=1S/C14H14O3/c15-10-12-4-1-2-7-14(12)17-9-8-11-5-3-6-13(11)16/h1-2,4,7-8,10H,3,5-6,9H2/b11-8+. The summed E-state index contributed by atoms with van der Waals surface area (Å²) in [7, 11) is 0. The summed E-state index contributed by atoms with van der Waals surface area (Å²) in [4.78, 5) is 22.1. The SMILES string of the molecule is O=Cc1ccccc1OC/C=C1\CCCC1=O. The average Bonchev–Trinajstić information content (AvgIpc) is 2.76. The van der Waals surface area contributed by atoms with Crippen molar-refractivity contribution in [2.24, 2.45) is 0 Å². The monoisotopic (exact) mass is 230 g/mol. The molecule has 1 fully saturated rings. The fourth-order valence-electron chi connectivity index (χ4n) is 1.90. The van der Waals surface area contributed by atoms with E-state index in [-0.39, 0.29) is 5.78 Å². The van der Waals surface area contributed by atoms with Crippen molar-refractivity contribution in [2.45, 2.75) is 19.3 Å². The smallest absolute Gasteiger partial charge is 0.158 e. The van der Waals surface area contributed by atoms with Gasteiger partial charge >= 0.3 is 0 Å². The second-order valence-electron chi connectivity index (χ2n) is 3.97. The zero-order valence-electron chi connectivity index (χ0n) is 9.52. The molecule has 1 aromatic rings. The number of carbonyl (C=O) groups is 2. The van der Waals surface area contributed by atoms with Crippen LogP contribution in [0.25, 0.3) is 0 Å². The first-order chi connectivity index (χ1) is 8.31. The maximum absolute atomic E-state index is 11.4. The number of para-hydroxylation sites is 1.